The molecule has 0 aromatic heterocycles. The Hall–Kier alpha value is -3.05. The molecular formula is C23H22ClNO4. The Morgan fingerprint density at radius 2 is 1.79 bits per heavy atom. The molecular weight excluding hydrogens is 390 g/mol. The first-order valence-electron chi connectivity index (χ1n) is 9.17. The molecule has 0 spiro atoms. The van der Waals surface area contributed by atoms with Crippen molar-refractivity contribution in [3.63, 3.8) is 0 Å². The molecule has 150 valence electrons. The molecule has 0 radical (unpaired) electrons. The van der Waals surface area contributed by atoms with E-state index in [9.17, 15) is 9.59 Å². The normalized spacial score (nSPS) is 15.2. The smallest absolute Gasteiger partial charge is 0.340 e. The fourth-order valence-electron chi connectivity index (χ4n) is 3.28. The van der Waals surface area contributed by atoms with Crippen LogP contribution in [0, 0.1) is 0 Å². The van der Waals surface area contributed by atoms with E-state index in [2.05, 4.69) is 0 Å². The van der Waals surface area contributed by atoms with Gasteiger partial charge in [0.05, 0.1) is 25.4 Å². The van der Waals surface area contributed by atoms with Gasteiger partial charge in [-0.2, -0.15) is 0 Å². The van der Waals surface area contributed by atoms with E-state index in [-0.39, 0.29) is 17.1 Å². The summed E-state index contributed by atoms with van der Waals surface area (Å²) in [4.78, 5) is 27.1. The number of rotatable bonds is 6. The van der Waals surface area contributed by atoms with E-state index in [1.165, 1.54) is 7.11 Å². The minimum Gasteiger partial charge on any atom is -0.497 e. The van der Waals surface area contributed by atoms with Crippen LogP contribution < -0.4 is 4.74 Å². The maximum Gasteiger partial charge on any atom is 0.340 e. The Bertz CT molecular complexity index is 992. The first-order valence-corrected chi connectivity index (χ1v) is 9.54. The van der Waals surface area contributed by atoms with Crippen LogP contribution in [-0.2, 0) is 20.7 Å². The standard InChI is InChI=1S/C23H22ClNO4/c1-15-21(23(27)29-3)19(14-17-6-4-5-7-20(17)24)22(26)25(15)13-12-16-8-10-18(28-2)11-9-16/h4-11,14H,12-13H2,1-3H3/b19-14-. The minimum atomic E-state index is -0.541. The quantitative estimate of drug-likeness (QED) is 0.526. The van der Waals surface area contributed by atoms with E-state index in [0.717, 1.165) is 11.3 Å². The van der Waals surface area contributed by atoms with Crippen LogP contribution in [0.15, 0.2) is 65.4 Å². The van der Waals surface area contributed by atoms with Gasteiger partial charge in [-0.15, -0.1) is 0 Å². The maximum absolute atomic E-state index is 13.1. The summed E-state index contributed by atoms with van der Waals surface area (Å²) in [6.07, 6.45) is 2.29. The zero-order valence-electron chi connectivity index (χ0n) is 16.6. The van der Waals surface area contributed by atoms with Crippen molar-refractivity contribution in [1.82, 2.24) is 4.90 Å². The van der Waals surface area contributed by atoms with Gasteiger partial charge in [-0.25, -0.2) is 4.79 Å². The van der Waals surface area contributed by atoms with Crippen molar-refractivity contribution in [3.05, 3.63) is 81.5 Å². The summed E-state index contributed by atoms with van der Waals surface area (Å²) >= 11 is 6.24. The van der Waals surface area contributed by atoms with Crippen molar-refractivity contribution in [2.45, 2.75) is 13.3 Å². The summed E-state index contributed by atoms with van der Waals surface area (Å²) in [5.41, 5.74) is 2.87. The molecule has 5 nitrogen and oxygen atoms in total. The molecule has 1 aliphatic rings. The Morgan fingerprint density at radius 3 is 2.41 bits per heavy atom. The lowest BCUT2D eigenvalue weighted by molar-refractivity contribution is -0.136. The average Bonchev–Trinajstić information content (AvgIpc) is 2.97. The lowest BCUT2D eigenvalue weighted by atomic mass is 10.0. The molecule has 0 atom stereocenters. The molecule has 0 fully saturated rings. The number of esters is 1. The van der Waals surface area contributed by atoms with Gasteiger partial charge in [0.15, 0.2) is 0 Å². The van der Waals surface area contributed by atoms with Crippen molar-refractivity contribution in [1.29, 1.82) is 0 Å². The SMILES string of the molecule is COC(=O)C1=C(C)N(CCc2ccc(OC)cc2)C(=O)/C1=C\c1ccccc1Cl. The molecule has 2 aromatic rings. The Balaban J connectivity index is 1.90. The van der Waals surface area contributed by atoms with E-state index >= 15 is 0 Å². The van der Waals surface area contributed by atoms with E-state index < -0.39 is 5.97 Å². The maximum atomic E-state index is 13.1. The molecule has 0 saturated carbocycles. The number of benzene rings is 2. The molecule has 1 heterocycles. The fraction of sp³-hybridized carbons (Fsp3) is 0.217. The molecule has 1 amide bonds. The van der Waals surface area contributed by atoms with Crippen LogP contribution in [0.3, 0.4) is 0 Å². The highest BCUT2D eigenvalue weighted by atomic mass is 35.5. The van der Waals surface area contributed by atoms with Gasteiger partial charge in [-0.05, 0) is 48.7 Å². The number of methoxy groups -OCH3 is 2. The van der Waals surface area contributed by atoms with Gasteiger partial charge in [0.2, 0.25) is 0 Å². The summed E-state index contributed by atoms with van der Waals surface area (Å²) in [6, 6.07) is 14.9. The third-order valence-corrected chi connectivity index (χ3v) is 5.23. The summed E-state index contributed by atoms with van der Waals surface area (Å²) in [5, 5.41) is 0.506. The molecule has 29 heavy (non-hydrogen) atoms. The molecule has 0 unspecified atom stereocenters. The summed E-state index contributed by atoms with van der Waals surface area (Å²) in [5.74, 6) is -0.00237. The van der Waals surface area contributed by atoms with Crippen LogP contribution in [0.1, 0.15) is 18.1 Å². The summed E-state index contributed by atoms with van der Waals surface area (Å²) < 4.78 is 10.1. The second kappa shape index (κ2) is 8.97. The predicted molar refractivity (Wildman–Crippen MR) is 113 cm³/mol. The van der Waals surface area contributed by atoms with Gasteiger partial charge >= 0.3 is 5.97 Å². The van der Waals surface area contributed by atoms with Gasteiger partial charge in [0.1, 0.15) is 5.75 Å². The number of nitrogens with zero attached hydrogens (tertiary/aromatic N) is 1. The van der Waals surface area contributed by atoms with Gasteiger partial charge < -0.3 is 14.4 Å². The van der Waals surface area contributed by atoms with Crippen LogP contribution in [-0.4, -0.2) is 37.5 Å². The molecule has 0 saturated heterocycles. The fourth-order valence-corrected chi connectivity index (χ4v) is 3.47. The molecule has 6 heteroatoms. The largest absolute Gasteiger partial charge is 0.497 e. The van der Waals surface area contributed by atoms with Gasteiger partial charge in [0, 0.05) is 17.3 Å². The van der Waals surface area contributed by atoms with Crippen molar-refractivity contribution in [2.24, 2.45) is 0 Å². The number of allylic oxidation sites excluding steroid dienone is 1. The van der Waals surface area contributed by atoms with Crippen LogP contribution in [0.25, 0.3) is 6.08 Å². The highest BCUT2D eigenvalue weighted by molar-refractivity contribution is 6.32. The first kappa shape index (κ1) is 20.7. The van der Waals surface area contributed by atoms with E-state index in [1.807, 2.05) is 36.4 Å². The number of amides is 1. The number of hydrogen-bond donors (Lipinski definition) is 0. The summed E-state index contributed by atoms with van der Waals surface area (Å²) in [6.45, 7) is 2.20. The highest BCUT2D eigenvalue weighted by Gasteiger charge is 2.36. The van der Waals surface area contributed by atoms with Crippen LogP contribution in [0.5, 0.6) is 5.75 Å². The van der Waals surface area contributed by atoms with Crippen molar-refractivity contribution < 1.29 is 19.1 Å². The lowest BCUT2D eigenvalue weighted by Crippen LogP contribution is -2.27. The molecule has 0 bridgehead atoms. The van der Waals surface area contributed by atoms with Crippen LogP contribution in [0.2, 0.25) is 5.02 Å². The predicted octanol–water partition coefficient (Wildman–Crippen LogP) is 4.26. The average molecular weight is 412 g/mol. The van der Waals surface area contributed by atoms with Crippen LogP contribution in [0.4, 0.5) is 0 Å². The van der Waals surface area contributed by atoms with E-state index in [0.29, 0.717) is 29.2 Å². The number of halogens is 1. The van der Waals surface area contributed by atoms with Crippen LogP contribution >= 0.6 is 11.6 Å². The Kier molecular flexibility index (Phi) is 6.39. The van der Waals surface area contributed by atoms with Crippen molar-refractivity contribution >= 4 is 29.6 Å². The minimum absolute atomic E-state index is 0.240. The van der Waals surface area contributed by atoms with E-state index in [1.54, 1.807) is 37.1 Å². The monoisotopic (exact) mass is 411 g/mol. The third kappa shape index (κ3) is 4.35. The zero-order chi connectivity index (χ0) is 21.0. The first-order chi connectivity index (χ1) is 14.0. The third-order valence-electron chi connectivity index (χ3n) is 4.89. The number of carbonyl (C=O) groups is 2. The topological polar surface area (TPSA) is 55.8 Å². The number of ether oxygens (including phenoxy) is 2. The van der Waals surface area contributed by atoms with Crippen molar-refractivity contribution in [3.8, 4) is 5.75 Å². The molecule has 0 N–H and O–H groups in total. The number of carbonyl (C=O) groups excluding carboxylic acids is 2. The van der Waals surface area contributed by atoms with Gasteiger partial charge in [-0.1, -0.05) is 41.9 Å². The van der Waals surface area contributed by atoms with Gasteiger partial charge in [-0.3, -0.25) is 4.79 Å². The molecule has 1 aliphatic heterocycles. The Morgan fingerprint density at radius 1 is 1.10 bits per heavy atom. The molecule has 2 aromatic carbocycles. The second-order valence-electron chi connectivity index (χ2n) is 6.59. The second-order valence-corrected chi connectivity index (χ2v) is 6.99. The van der Waals surface area contributed by atoms with E-state index in [4.69, 9.17) is 21.1 Å². The molecule has 3 rings (SSSR count). The number of hydrogen-bond acceptors (Lipinski definition) is 4. The highest BCUT2D eigenvalue weighted by Crippen LogP contribution is 2.33. The zero-order valence-corrected chi connectivity index (χ0v) is 17.3. The molecule has 0 aliphatic carbocycles. The van der Waals surface area contributed by atoms with Crippen molar-refractivity contribution in [2.75, 3.05) is 20.8 Å². The lowest BCUT2D eigenvalue weighted by Gasteiger charge is -2.18. The Labute approximate surface area is 175 Å². The van der Waals surface area contributed by atoms with Gasteiger partial charge in [0.25, 0.3) is 5.91 Å². The summed E-state index contributed by atoms with van der Waals surface area (Å²) in [7, 11) is 2.92.